The third kappa shape index (κ3) is 3.73. The zero-order chi connectivity index (χ0) is 15.2. The lowest BCUT2D eigenvalue weighted by atomic mass is 10.1. The Labute approximate surface area is 135 Å². The summed E-state index contributed by atoms with van der Waals surface area (Å²) in [5.41, 5.74) is 3.50. The van der Waals surface area contributed by atoms with Gasteiger partial charge in [-0.25, -0.2) is 4.72 Å². The van der Waals surface area contributed by atoms with Crippen LogP contribution in [0.2, 0.25) is 0 Å². The van der Waals surface area contributed by atoms with Crippen molar-refractivity contribution in [3.63, 3.8) is 0 Å². The molecule has 3 rings (SSSR count). The highest BCUT2D eigenvalue weighted by Crippen LogP contribution is 2.22. The first-order valence-corrected chi connectivity index (χ1v) is 8.14. The minimum absolute atomic E-state index is 0.362. The molecule has 1 fully saturated rings. The molecule has 1 saturated heterocycles. The molecule has 0 saturated carbocycles. The van der Waals surface area contributed by atoms with Crippen molar-refractivity contribution in [2.75, 3.05) is 17.8 Å². The van der Waals surface area contributed by atoms with Gasteiger partial charge >= 0.3 is 0 Å². The van der Waals surface area contributed by atoms with E-state index in [1.807, 2.05) is 18.2 Å². The Hall–Kier alpha value is -2.16. The SMILES string of the molecule is N#CN1CCC(NSNc2ccc(-c3ccccc3)cc2)C1. The van der Waals surface area contributed by atoms with Gasteiger partial charge in [-0.2, -0.15) is 5.26 Å². The Morgan fingerprint density at radius 3 is 2.45 bits per heavy atom. The van der Waals surface area contributed by atoms with Crippen LogP contribution in [0.3, 0.4) is 0 Å². The topological polar surface area (TPSA) is 51.1 Å². The molecule has 0 radical (unpaired) electrons. The molecule has 2 aromatic rings. The van der Waals surface area contributed by atoms with Gasteiger partial charge in [-0.05, 0) is 29.7 Å². The van der Waals surface area contributed by atoms with Crippen LogP contribution in [0, 0.1) is 11.5 Å². The molecule has 1 unspecified atom stereocenters. The molecule has 1 aliphatic heterocycles. The number of benzene rings is 2. The van der Waals surface area contributed by atoms with Crippen LogP contribution in [0.5, 0.6) is 0 Å². The lowest BCUT2D eigenvalue weighted by Gasteiger charge is -2.12. The van der Waals surface area contributed by atoms with Crippen LogP contribution in [-0.4, -0.2) is 24.0 Å². The van der Waals surface area contributed by atoms with E-state index in [0.29, 0.717) is 6.04 Å². The molecule has 0 spiro atoms. The van der Waals surface area contributed by atoms with E-state index in [0.717, 1.165) is 25.2 Å². The van der Waals surface area contributed by atoms with Gasteiger partial charge in [0.15, 0.2) is 6.19 Å². The van der Waals surface area contributed by atoms with Gasteiger partial charge in [0, 0.05) is 37.0 Å². The summed E-state index contributed by atoms with van der Waals surface area (Å²) in [6.45, 7) is 1.64. The summed E-state index contributed by atoms with van der Waals surface area (Å²) < 4.78 is 6.64. The monoisotopic (exact) mass is 310 g/mol. The number of hydrogen-bond donors (Lipinski definition) is 2. The number of rotatable bonds is 5. The van der Waals surface area contributed by atoms with Crippen molar-refractivity contribution in [2.45, 2.75) is 12.5 Å². The molecule has 112 valence electrons. The van der Waals surface area contributed by atoms with Crippen LogP contribution >= 0.6 is 12.1 Å². The second-order valence-electron chi connectivity index (χ2n) is 5.30. The van der Waals surface area contributed by atoms with E-state index in [-0.39, 0.29) is 0 Å². The van der Waals surface area contributed by atoms with Crippen molar-refractivity contribution in [3.8, 4) is 17.3 Å². The molecule has 0 bridgehead atoms. The highest BCUT2D eigenvalue weighted by atomic mass is 32.2. The molecule has 2 N–H and O–H groups in total. The fraction of sp³-hybridized carbons (Fsp3) is 0.235. The minimum atomic E-state index is 0.362. The number of likely N-dealkylation sites (tertiary alicyclic amines) is 1. The second kappa shape index (κ2) is 7.21. The van der Waals surface area contributed by atoms with Crippen LogP contribution in [0.1, 0.15) is 6.42 Å². The maximum atomic E-state index is 8.83. The Balaban J connectivity index is 1.49. The molecule has 0 aliphatic carbocycles. The predicted octanol–water partition coefficient (Wildman–Crippen LogP) is 3.47. The van der Waals surface area contributed by atoms with Crippen molar-refractivity contribution in [1.29, 1.82) is 5.26 Å². The lowest BCUT2D eigenvalue weighted by molar-refractivity contribution is 0.475. The highest BCUT2D eigenvalue weighted by Gasteiger charge is 2.20. The number of hydrogen-bond acceptors (Lipinski definition) is 5. The van der Waals surface area contributed by atoms with Crippen molar-refractivity contribution in [2.24, 2.45) is 0 Å². The number of anilines is 1. The van der Waals surface area contributed by atoms with Crippen molar-refractivity contribution in [3.05, 3.63) is 54.6 Å². The first kappa shape index (κ1) is 14.8. The normalized spacial score (nSPS) is 17.2. The third-order valence-electron chi connectivity index (χ3n) is 3.72. The van der Waals surface area contributed by atoms with Crippen molar-refractivity contribution in [1.82, 2.24) is 9.62 Å². The summed E-state index contributed by atoms with van der Waals surface area (Å²) in [7, 11) is 0. The summed E-state index contributed by atoms with van der Waals surface area (Å²) in [5.74, 6) is 0. The van der Waals surface area contributed by atoms with E-state index >= 15 is 0 Å². The molecule has 4 nitrogen and oxygen atoms in total. The van der Waals surface area contributed by atoms with Gasteiger partial charge < -0.3 is 9.62 Å². The Morgan fingerprint density at radius 1 is 1.05 bits per heavy atom. The van der Waals surface area contributed by atoms with E-state index in [1.165, 1.54) is 23.3 Å². The molecule has 0 aromatic heterocycles. The fourth-order valence-electron chi connectivity index (χ4n) is 2.48. The Bertz CT molecular complexity index is 636. The summed E-state index contributed by atoms with van der Waals surface area (Å²) >= 11 is 1.48. The summed E-state index contributed by atoms with van der Waals surface area (Å²) in [6, 6.07) is 19.1. The van der Waals surface area contributed by atoms with Crippen molar-refractivity contribution < 1.29 is 0 Å². The molecule has 22 heavy (non-hydrogen) atoms. The Kier molecular flexibility index (Phi) is 4.84. The van der Waals surface area contributed by atoms with Gasteiger partial charge in [-0.1, -0.05) is 42.5 Å². The van der Waals surface area contributed by atoms with Gasteiger partial charge in [0.1, 0.15) is 0 Å². The molecule has 1 atom stereocenters. The first-order valence-electron chi connectivity index (χ1n) is 7.33. The van der Waals surface area contributed by atoms with Crippen LogP contribution in [0.25, 0.3) is 11.1 Å². The number of nitrogens with one attached hydrogen (secondary N) is 2. The minimum Gasteiger partial charge on any atom is -0.317 e. The highest BCUT2D eigenvalue weighted by molar-refractivity contribution is 7.98. The van der Waals surface area contributed by atoms with E-state index in [9.17, 15) is 0 Å². The molecular weight excluding hydrogens is 292 g/mol. The second-order valence-corrected chi connectivity index (χ2v) is 5.94. The molecule has 2 aromatic carbocycles. The summed E-state index contributed by atoms with van der Waals surface area (Å²) in [5, 5.41) is 8.83. The zero-order valence-corrected chi connectivity index (χ0v) is 13.0. The molecular formula is C17H18N4S. The summed E-state index contributed by atoms with van der Waals surface area (Å²) in [6.07, 6.45) is 3.20. The number of nitriles is 1. The first-order chi connectivity index (χ1) is 10.8. The maximum absolute atomic E-state index is 8.83. The lowest BCUT2D eigenvalue weighted by Crippen LogP contribution is -2.27. The van der Waals surface area contributed by atoms with E-state index in [1.54, 1.807) is 4.90 Å². The average molecular weight is 310 g/mol. The van der Waals surface area contributed by atoms with E-state index in [2.05, 4.69) is 52.0 Å². The van der Waals surface area contributed by atoms with Gasteiger partial charge in [0.25, 0.3) is 0 Å². The molecule has 1 heterocycles. The van der Waals surface area contributed by atoms with Crippen LogP contribution in [0.4, 0.5) is 5.69 Å². The maximum Gasteiger partial charge on any atom is 0.179 e. The summed E-state index contributed by atoms with van der Waals surface area (Å²) in [4.78, 5) is 1.78. The quantitative estimate of drug-likeness (QED) is 0.654. The number of nitrogens with zero attached hydrogens (tertiary/aromatic N) is 2. The molecule has 0 amide bonds. The predicted molar refractivity (Wildman–Crippen MR) is 91.8 cm³/mol. The smallest absolute Gasteiger partial charge is 0.179 e. The standard InChI is InChI=1S/C17H18N4S/c18-13-21-11-10-17(12-21)20-22-19-16-8-6-15(7-9-16)14-4-2-1-3-5-14/h1-9,17,19-20H,10-12H2. The molecule has 5 heteroatoms. The van der Waals surface area contributed by atoms with E-state index < -0.39 is 0 Å². The third-order valence-corrected chi connectivity index (χ3v) is 4.51. The largest absolute Gasteiger partial charge is 0.317 e. The fourth-order valence-corrected chi connectivity index (χ4v) is 3.15. The van der Waals surface area contributed by atoms with Crippen LogP contribution < -0.4 is 9.44 Å². The zero-order valence-electron chi connectivity index (χ0n) is 12.2. The average Bonchev–Trinajstić information content (AvgIpc) is 3.04. The van der Waals surface area contributed by atoms with Gasteiger partial charge in [-0.15, -0.1) is 0 Å². The van der Waals surface area contributed by atoms with Crippen molar-refractivity contribution >= 4 is 17.8 Å². The van der Waals surface area contributed by atoms with Gasteiger partial charge in [-0.3, -0.25) is 0 Å². The van der Waals surface area contributed by atoms with Crippen LogP contribution in [0.15, 0.2) is 54.6 Å². The van der Waals surface area contributed by atoms with E-state index in [4.69, 9.17) is 5.26 Å². The van der Waals surface area contributed by atoms with Crippen LogP contribution in [-0.2, 0) is 0 Å². The van der Waals surface area contributed by atoms with Gasteiger partial charge in [0.05, 0.1) is 0 Å². The Morgan fingerprint density at radius 2 is 1.77 bits per heavy atom. The molecule has 1 aliphatic rings. The van der Waals surface area contributed by atoms with Gasteiger partial charge in [0.2, 0.25) is 0 Å².